The molecule has 0 bridgehead atoms. The normalized spacial score (nSPS) is 13.6. The summed E-state index contributed by atoms with van der Waals surface area (Å²) in [4.78, 5) is 33.3. The summed E-state index contributed by atoms with van der Waals surface area (Å²) >= 11 is 0. The lowest BCUT2D eigenvalue weighted by atomic mass is 10.2. The summed E-state index contributed by atoms with van der Waals surface area (Å²) in [6, 6.07) is 8.41. The molecular formula is C21H22N4O3. The maximum absolute atomic E-state index is 12.9. The van der Waals surface area contributed by atoms with E-state index in [1.807, 2.05) is 6.92 Å². The number of amides is 1. The van der Waals surface area contributed by atoms with Crippen LogP contribution in [0.25, 0.3) is 11.2 Å². The van der Waals surface area contributed by atoms with E-state index in [2.05, 4.69) is 14.9 Å². The molecule has 0 saturated heterocycles. The molecule has 0 spiro atoms. The molecule has 1 aromatic carbocycles. The first-order chi connectivity index (χ1) is 13.5. The van der Waals surface area contributed by atoms with Gasteiger partial charge in [-0.1, -0.05) is 6.42 Å². The number of nitrogens with zero attached hydrogens (tertiary/aromatic N) is 3. The molecule has 7 nitrogen and oxygen atoms in total. The van der Waals surface area contributed by atoms with Crippen LogP contribution in [0.1, 0.15) is 48.1 Å². The largest absolute Gasteiger partial charge is 0.423 e. The quantitative estimate of drug-likeness (QED) is 0.555. The molecule has 28 heavy (non-hydrogen) atoms. The van der Waals surface area contributed by atoms with Gasteiger partial charge in [-0.15, -0.1) is 0 Å². The standard InChI is InChI=1S/C21H22N4O3/c1-13-12-17(19-20(22-13)25-11-5-3-4-6-18(25)24-19)21(27)28-16-9-7-15(8-10-16)23-14(2)26/h7-10,12H,3-6,11H2,1-2H3,(H,23,26). The average Bonchev–Trinajstić information content (AvgIpc) is 2.84. The van der Waals surface area contributed by atoms with Crippen molar-refractivity contribution in [3.63, 3.8) is 0 Å². The van der Waals surface area contributed by atoms with Crippen LogP contribution in [0.15, 0.2) is 30.3 Å². The number of anilines is 1. The van der Waals surface area contributed by atoms with Crippen LogP contribution in [0.4, 0.5) is 5.69 Å². The van der Waals surface area contributed by atoms with Crippen LogP contribution in [0.5, 0.6) is 5.75 Å². The van der Waals surface area contributed by atoms with Crippen molar-refractivity contribution < 1.29 is 14.3 Å². The first-order valence-electron chi connectivity index (χ1n) is 9.48. The number of aromatic nitrogens is 3. The van der Waals surface area contributed by atoms with Gasteiger partial charge in [0, 0.05) is 31.3 Å². The average molecular weight is 378 g/mol. The summed E-state index contributed by atoms with van der Waals surface area (Å²) in [5.74, 6) is 0.775. The number of imidazole rings is 1. The van der Waals surface area contributed by atoms with Gasteiger partial charge in [-0.25, -0.2) is 14.8 Å². The topological polar surface area (TPSA) is 86.1 Å². The van der Waals surface area contributed by atoms with Crippen molar-refractivity contribution in [1.29, 1.82) is 0 Å². The third-order valence-corrected chi connectivity index (χ3v) is 4.80. The Balaban J connectivity index is 1.64. The first kappa shape index (κ1) is 18.2. The van der Waals surface area contributed by atoms with E-state index >= 15 is 0 Å². The number of hydrogen-bond donors (Lipinski definition) is 1. The van der Waals surface area contributed by atoms with E-state index in [-0.39, 0.29) is 5.91 Å². The second kappa shape index (κ2) is 7.42. The fourth-order valence-corrected chi connectivity index (χ4v) is 3.54. The molecule has 3 aromatic rings. The van der Waals surface area contributed by atoms with Crippen molar-refractivity contribution >= 4 is 28.7 Å². The lowest BCUT2D eigenvalue weighted by Gasteiger charge is -2.08. The number of rotatable bonds is 3. The Morgan fingerprint density at radius 2 is 1.89 bits per heavy atom. The van der Waals surface area contributed by atoms with Gasteiger partial charge < -0.3 is 14.6 Å². The molecular weight excluding hydrogens is 356 g/mol. The van der Waals surface area contributed by atoms with Gasteiger partial charge in [0.2, 0.25) is 5.91 Å². The Hall–Kier alpha value is -3.22. The second-order valence-electron chi connectivity index (χ2n) is 7.07. The van der Waals surface area contributed by atoms with E-state index in [9.17, 15) is 9.59 Å². The molecule has 1 aliphatic rings. The Labute approximate surface area is 162 Å². The van der Waals surface area contributed by atoms with Gasteiger partial charge in [0.25, 0.3) is 0 Å². The fraction of sp³-hybridized carbons (Fsp3) is 0.333. The number of pyridine rings is 1. The van der Waals surface area contributed by atoms with Crippen LogP contribution in [0.3, 0.4) is 0 Å². The monoisotopic (exact) mass is 378 g/mol. The summed E-state index contributed by atoms with van der Waals surface area (Å²) in [7, 11) is 0. The highest BCUT2D eigenvalue weighted by Crippen LogP contribution is 2.25. The van der Waals surface area contributed by atoms with Crippen LogP contribution in [0.2, 0.25) is 0 Å². The number of aryl methyl sites for hydroxylation is 3. The lowest BCUT2D eigenvalue weighted by Crippen LogP contribution is -2.11. The highest BCUT2D eigenvalue weighted by Gasteiger charge is 2.22. The number of esters is 1. The van der Waals surface area contributed by atoms with Gasteiger partial charge in [-0.3, -0.25) is 4.79 Å². The molecule has 1 N–H and O–H groups in total. The number of nitrogens with one attached hydrogen (secondary N) is 1. The number of ether oxygens (including phenoxy) is 1. The number of carbonyl (C=O) groups is 2. The first-order valence-corrected chi connectivity index (χ1v) is 9.48. The second-order valence-corrected chi connectivity index (χ2v) is 7.07. The molecule has 7 heteroatoms. The Bertz CT molecular complexity index is 1050. The van der Waals surface area contributed by atoms with Crippen LogP contribution in [-0.2, 0) is 17.8 Å². The van der Waals surface area contributed by atoms with Crippen LogP contribution in [-0.4, -0.2) is 26.4 Å². The third-order valence-electron chi connectivity index (χ3n) is 4.80. The van der Waals surface area contributed by atoms with Gasteiger partial charge >= 0.3 is 5.97 Å². The SMILES string of the molecule is CC(=O)Nc1ccc(OC(=O)c2cc(C)nc3c2nc2n3CCCCC2)cc1. The Kier molecular flexibility index (Phi) is 4.81. The summed E-state index contributed by atoms with van der Waals surface area (Å²) < 4.78 is 7.68. The molecule has 0 aliphatic carbocycles. The minimum absolute atomic E-state index is 0.154. The van der Waals surface area contributed by atoms with E-state index in [0.717, 1.165) is 43.0 Å². The van der Waals surface area contributed by atoms with E-state index < -0.39 is 5.97 Å². The van der Waals surface area contributed by atoms with E-state index in [0.29, 0.717) is 22.5 Å². The van der Waals surface area contributed by atoms with Crippen molar-refractivity contribution in [2.24, 2.45) is 0 Å². The van der Waals surface area contributed by atoms with Crippen LogP contribution < -0.4 is 10.1 Å². The summed E-state index contributed by atoms with van der Waals surface area (Å²) in [6.45, 7) is 4.19. The molecule has 0 radical (unpaired) electrons. The molecule has 3 heterocycles. The zero-order valence-corrected chi connectivity index (χ0v) is 16.0. The van der Waals surface area contributed by atoms with E-state index in [1.165, 1.54) is 13.3 Å². The molecule has 0 unspecified atom stereocenters. The third kappa shape index (κ3) is 3.60. The highest BCUT2D eigenvalue weighted by atomic mass is 16.5. The molecule has 2 aromatic heterocycles. The van der Waals surface area contributed by atoms with E-state index in [4.69, 9.17) is 9.72 Å². The molecule has 144 valence electrons. The smallest absolute Gasteiger partial charge is 0.345 e. The van der Waals surface area contributed by atoms with Crippen LogP contribution in [0, 0.1) is 6.92 Å². The minimum atomic E-state index is -0.462. The Morgan fingerprint density at radius 3 is 2.64 bits per heavy atom. The van der Waals surface area contributed by atoms with Crippen molar-refractivity contribution in [2.45, 2.75) is 46.1 Å². The molecule has 0 fully saturated rings. The number of carbonyl (C=O) groups excluding carboxylic acids is 2. The number of hydrogen-bond acceptors (Lipinski definition) is 5. The van der Waals surface area contributed by atoms with E-state index in [1.54, 1.807) is 30.3 Å². The predicted molar refractivity (Wildman–Crippen MR) is 106 cm³/mol. The summed E-state index contributed by atoms with van der Waals surface area (Å²) in [6.07, 6.45) is 4.27. The maximum Gasteiger partial charge on any atom is 0.345 e. The van der Waals surface area contributed by atoms with Gasteiger partial charge in [0.05, 0.1) is 5.56 Å². The zero-order valence-electron chi connectivity index (χ0n) is 16.0. The molecule has 0 atom stereocenters. The highest BCUT2D eigenvalue weighted by molar-refractivity contribution is 6.02. The molecule has 1 amide bonds. The Morgan fingerprint density at radius 1 is 1.11 bits per heavy atom. The van der Waals surface area contributed by atoms with Gasteiger partial charge in [-0.05, 0) is 50.1 Å². The number of fused-ring (bicyclic) bond motifs is 3. The van der Waals surface area contributed by atoms with Gasteiger partial charge in [0.1, 0.15) is 17.1 Å². The minimum Gasteiger partial charge on any atom is -0.423 e. The van der Waals surface area contributed by atoms with Crippen molar-refractivity contribution in [2.75, 3.05) is 5.32 Å². The molecule has 1 aliphatic heterocycles. The zero-order chi connectivity index (χ0) is 19.7. The number of benzene rings is 1. The predicted octanol–water partition coefficient (Wildman–Crippen LogP) is 3.64. The lowest BCUT2D eigenvalue weighted by molar-refractivity contribution is -0.114. The molecule has 0 saturated carbocycles. The van der Waals surface area contributed by atoms with Gasteiger partial charge in [-0.2, -0.15) is 0 Å². The van der Waals surface area contributed by atoms with Crippen molar-refractivity contribution in [3.8, 4) is 5.75 Å². The summed E-state index contributed by atoms with van der Waals surface area (Å²) in [5, 5.41) is 2.68. The summed E-state index contributed by atoms with van der Waals surface area (Å²) in [5.41, 5.74) is 3.18. The van der Waals surface area contributed by atoms with Gasteiger partial charge in [0.15, 0.2) is 5.65 Å². The van der Waals surface area contributed by atoms with Crippen molar-refractivity contribution in [3.05, 3.63) is 47.4 Å². The molecule has 4 rings (SSSR count). The maximum atomic E-state index is 12.9. The fourth-order valence-electron chi connectivity index (χ4n) is 3.54. The van der Waals surface area contributed by atoms with Crippen LogP contribution >= 0.6 is 0 Å². The van der Waals surface area contributed by atoms with Crippen molar-refractivity contribution in [1.82, 2.24) is 14.5 Å².